The molecule has 7 nitrogen and oxygen atoms in total. The zero-order chi connectivity index (χ0) is 17.1. The van der Waals surface area contributed by atoms with Crippen molar-refractivity contribution in [3.05, 3.63) is 36.0 Å². The molecule has 2 fully saturated rings. The van der Waals surface area contributed by atoms with Gasteiger partial charge in [0.1, 0.15) is 5.76 Å². The average molecular weight is 343 g/mol. The third kappa shape index (κ3) is 3.76. The van der Waals surface area contributed by atoms with Crippen LogP contribution in [0.25, 0.3) is 0 Å². The van der Waals surface area contributed by atoms with E-state index in [4.69, 9.17) is 4.42 Å². The van der Waals surface area contributed by atoms with Gasteiger partial charge >= 0.3 is 0 Å². The first-order valence-corrected chi connectivity index (χ1v) is 9.25. The van der Waals surface area contributed by atoms with Crippen molar-refractivity contribution >= 4 is 5.91 Å². The molecule has 1 amide bonds. The van der Waals surface area contributed by atoms with E-state index in [1.165, 1.54) is 6.42 Å². The van der Waals surface area contributed by atoms with Crippen molar-refractivity contribution in [2.75, 3.05) is 26.2 Å². The van der Waals surface area contributed by atoms with Gasteiger partial charge in [-0.05, 0) is 44.2 Å². The number of hydrogen-bond acceptors (Lipinski definition) is 5. The van der Waals surface area contributed by atoms with Crippen LogP contribution in [-0.4, -0.2) is 56.9 Å². The fraction of sp³-hybridized carbons (Fsp3) is 0.611. The van der Waals surface area contributed by atoms with Crippen LogP contribution < -0.4 is 0 Å². The van der Waals surface area contributed by atoms with Crippen LogP contribution in [0.3, 0.4) is 0 Å². The third-order valence-corrected chi connectivity index (χ3v) is 5.26. The molecule has 2 saturated heterocycles. The molecule has 25 heavy (non-hydrogen) atoms. The standard InChI is InChI=1S/C18H25N5O2/c24-18(22-8-2-1-3-9-22)17-14-23(20-19-17)15-6-10-21(11-7-15)13-16-5-4-12-25-16/h4-5,12,14-15H,1-3,6-11,13H2. The summed E-state index contributed by atoms with van der Waals surface area (Å²) in [4.78, 5) is 16.8. The second-order valence-electron chi connectivity index (χ2n) is 7.02. The Kier molecular flexibility index (Phi) is 4.83. The van der Waals surface area contributed by atoms with E-state index in [1.807, 2.05) is 27.9 Å². The van der Waals surface area contributed by atoms with Crippen LogP contribution >= 0.6 is 0 Å². The minimum atomic E-state index is 0.0289. The van der Waals surface area contributed by atoms with E-state index in [-0.39, 0.29) is 5.91 Å². The minimum absolute atomic E-state index is 0.0289. The fourth-order valence-electron chi connectivity index (χ4n) is 3.78. The van der Waals surface area contributed by atoms with Crippen LogP contribution in [-0.2, 0) is 6.54 Å². The summed E-state index contributed by atoms with van der Waals surface area (Å²) >= 11 is 0. The lowest BCUT2D eigenvalue weighted by molar-refractivity contribution is 0.0718. The predicted octanol–water partition coefficient (Wildman–Crippen LogP) is 2.33. The van der Waals surface area contributed by atoms with Crippen molar-refractivity contribution < 1.29 is 9.21 Å². The van der Waals surface area contributed by atoms with Gasteiger partial charge in [0, 0.05) is 26.2 Å². The van der Waals surface area contributed by atoms with E-state index in [9.17, 15) is 4.79 Å². The molecule has 0 saturated carbocycles. The lowest BCUT2D eigenvalue weighted by Gasteiger charge is -2.31. The Labute approximate surface area is 147 Å². The molecule has 0 unspecified atom stereocenters. The highest BCUT2D eigenvalue weighted by molar-refractivity contribution is 5.91. The van der Waals surface area contributed by atoms with Crippen molar-refractivity contribution in [2.24, 2.45) is 0 Å². The molecule has 134 valence electrons. The number of carbonyl (C=O) groups excluding carboxylic acids is 1. The molecule has 0 N–H and O–H groups in total. The lowest BCUT2D eigenvalue weighted by atomic mass is 10.1. The zero-order valence-electron chi connectivity index (χ0n) is 14.5. The number of piperidine rings is 2. The summed E-state index contributed by atoms with van der Waals surface area (Å²) in [6.45, 7) is 4.55. The van der Waals surface area contributed by atoms with Crippen molar-refractivity contribution in [3.8, 4) is 0 Å². The monoisotopic (exact) mass is 343 g/mol. The third-order valence-electron chi connectivity index (χ3n) is 5.26. The van der Waals surface area contributed by atoms with Gasteiger partial charge in [-0.2, -0.15) is 0 Å². The van der Waals surface area contributed by atoms with E-state index < -0.39 is 0 Å². The van der Waals surface area contributed by atoms with Crippen molar-refractivity contribution in [1.29, 1.82) is 0 Å². The van der Waals surface area contributed by atoms with E-state index in [1.54, 1.807) is 6.26 Å². The molecule has 0 aliphatic carbocycles. The second-order valence-corrected chi connectivity index (χ2v) is 7.02. The SMILES string of the molecule is O=C(c1cn(C2CCN(Cc3ccco3)CC2)nn1)N1CCCCC1. The Morgan fingerprint density at radius 1 is 1.16 bits per heavy atom. The van der Waals surface area contributed by atoms with Crippen LogP contribution in [0.15, 0.2) is 29.0 Å². The highest BCUT2D eigenvalue weighted by atomic mass is 16.3. The molecular formula is C18H25N5O2. The van der Waals surface area contributed by atoms with E-state index in [2.05, 4.69) is 15.2 Å². The molecule has 2 aromatic heterocycles. The van der Waals surface area contributed by atoms with Crippen LogP contribution in [0, 0.1) is 0 Å². The van der Waals surface area contributed by atoms with Gasteiger partial charge in [-0.3, -0.25) is 9.69 Å². The number of amides is 1. The van der Waals surface area contributed by atoms with Crippen LogP contribution in [0.4, 0.5) is 0 Å². The number of hydrogen-bond donors (Lipinski definition) is 0. The van der Waals surface area contributed by atoms with Crippen LogP contribution in [0.1, 0.15) is 54.4 Å². The van der Waals surface area contributed by atoms with Gasteiger partial charge < -0.3 is 9.32 Å². The Balaban J connectivity index is 1.32. The Bertz CT molecular complexity index is 682. The molecule has 2 aliphatic heterocycles. The van der Waals surface area contributed by atoms with Crippen molar-refractivity contribution in [2.45, 2.75) is 44.7 Å². The molecule has 4 heterocycles. The molecule has 0 aromatic carbocycles. The highest BCUT2D eigenvalue weighted by Gasteiger charge is 2.25. The van der Waals surface area contributed by atoms with Gasteiger partial charge in [-0.15, -0.1) is 5.10 Å². The van der Waals surface area contributed by atoms with Gasteiger partial charge in [0.25, 0.3) is 5.91 Å². The molecular weight excluding hydrogens is 318 g/mol. The number of likely N-dealkylation sites (tertiary alicyclic amines) is 2. The molecule has 2 aromatic rings. The average Bonchev–Trinajstić information content (AvgIpc) is 3.34. The highest BCUT2D eigenvalue weighted by Crippen LogP contribution is 2.23. The number of aromatic nitrogens is 3. The first-order valence-electron chi connectivity index (χ1n) is 9.25. The van der Waals surface area contributed by atoms with E-state index >= 15 is 0 Å². The number of nitrogens with zero attached hydrogens (tertiary/aromatic N) is 5. The van der Waals surface area contributed by atoms with Gasteiger partial charge in [0.05, 0.1) is 25.0 Å². The zero-order valence-corrected chi connectivity index (χ0v) is 14.5. The first kappa shape index (κ1) is 16.3. The van der Waals surface area contributed by atoms with Gasteiger partial charge in [-0.1, -0.05) is 5.21 Å². The number of rotatable bonds is 4. The Morgan fingerprint density at radius 3 is 2.68 bits per heavy atom. The predicted molar refractivity (Wildman–Crippen MR) is 92.0 cm³/mol. The molecule has 7 heteroatoms. The molecule has 0 bridgehead atoms. The fourth-order valence-corrected chi connectivity index (χ4v) is 3.78. The largest absolute Gasteiger partial charge is 0.468 e. The summed E-state index contributed by atoms with van der Waals surface area (Å²) < 4.78 is 7.31. The topological polar surface area (TPSA) is 67.4 Å². The summed E-state index contributed by atoms with van der Waals surface area (Å²) in [5.41, 5.74) is 0.486. The number of carbonyl (C=O) groups is 1. The molecule has 0 atom stereocenters. The van der Waals surface area contributed by atoms with Crippen molar-refractivity contribution in [3.63, 3.8) is 0 Å². The summed E-state index contributed by atoms with van der Waals surface area (Å²) in [5, 5.41) is 8.38. The normalized spacial score (nSPS) is 20.1. The minimum Gasteiger partial charge on any atom is -0.468 e. The Hall–Kier alpha value is -2.15. The van der Waals surface area contributed by atoms with Gasteiger partial charge in [-0.25, -0.2) is 4.68 Å². The van der Waals surface area contributed by atoms with E-state index in [0.29, 0.717) is 11.7 Å². The smallest absolute Gasteiger partial charge is 0.276 e. The van der Waals surface area contributed by atoms with Gasteiger partial charge in [0.15, 0.2) is 5.69 Å². The quantitative estimate of drug-likeness (QED) is 0.852. The maximum atomic E-state index is 12.5. The second kappa shape index (κ2) is 7.39. The summed E-state index contributed by atoms with van der Waals surface area (Å²) in [7, 11) is 0. The van der Waals surface area contributed by atoms with E-state index in [0.717, 1.165) is 64.2 Å². The summed E-state index contributed by atoms with van der Waals surface area (Å²) in [6.07, 6.45) is 8.99. The summed E-state index contributed by atoms with van der Waals surface area (Å²) in [6, 6.07) is 4.27. The number of furan rings is 1. The van der Waals surface area contributed by atoms with Gasteiger partial charge in [0.2, 0.25) is 0 Å². The Morgan fingerprint density at radius 2 is 1.96 bits per heavy atom. The molecule has 0 radical (unpaired) electrons. The van der Waals surface area contributed by atoms with Crippen LogP contribution in [0.2, 0.25) is 0 Å². The maximum Gasteiger partial charge on any atom is 0.276 e. The molecule has 2 aliphatic rings. The summed E-state index contributed by atoms with van der Waals surface area (Å²) in [5.74, 6) is 1.04. The lowest BCUT2D eigenvalue weighted by Crippen LogP contribution is -2.36. The maximum absolute atomic E-state index is 12.5. The van der Waals surface area contributed by atoms with Crippen LogP contribution in [0.5, 0.6) is 0 Å². The first-order chi connectivity index (χ1) is 12.3. The molecule has 0 spiro atoms. The molecule has 4 rings (SSSR count). The van der Waals surface area contributed by atoms with Crippen molar-refractivity contribution in [1.82, 2.24) is 24.8 Å².